The maximum Gasteiger partial charge on any atom is 0.186 e. The molecule has 0 amide bonds. The monoisotopic (exact) mass is 652 g/mol. The number of aliphatic hydroxyl groups excluding tert-OH is 6. The predicted molar refractivity (Wildman–Crippen MR) is 168 cm³/mol. The molecule has 2 spiro atoms. The van der Waals surface area contributed by atoms with Gasteiger partial charge < -0.3 is 45.2 Å². The van der Waals surface area contributed by atoms with Crippen LogP contribution >= 0.6 is 0 Å². The van der Waals surface area contributed by atoms with Gasteiger partial charge in [0.25, 0.3) is 0 Å². The highest BCUT2D eigenvalue weighted by Gasteiger charge is 2.84. The SMILES string of the molecule is C[C@H](CCC(O)C(C)(C)O)[C@H]1[C@@H](O)C[C@@]2(C)[C@@H]3CC(=O)[C@H]4C(C)(C)C(O[C@@H]5O[C@H](CO)[C@@H](O)[C@H](O)[C@H]5O)CC[C@@]45C[C@@]35CC[C@]12C. The van der Waals surface area contributed by atoms with E-state index >= 15 is 0 Å². The molecule has 1 aliphatic heterocycles. The third-order valence-corrected chi connectivity index (χ3v) is 15.3. The molecule has 5 aliphatic carbocycles. The number of hydrogen-bond donors (Lipinski definition) is 7. The van der Waals surface area contributed by atoms with Crippen molar-refractivity contribution in [3.63, 3.8) is 0 Å². The van der Waals surface area contributed by atoms with Crippen LogP contribution in [0.15, 0.2) is 0 Å². The smallest absolute Gasteiger partial charge is 0.186 e. The van der Waals surface area contributed by atoms with E-state index in [0.29, 0.717) is 32.1 Å². The molecule has 1 heterocycles. The maximum atomic E-state index is 14.5. The van der Waals surface area contributed by atoms with E-state index in [1.165, 1.54) is 0 Å². The van der Waals surface area contributed by atoms with Gasteiger partial charge in [-0.3, -0.25) is 4.79 Å². The second-order valence-electron chi connectivity index (χ2n) is 18.2. The van der Waals surface area contributed by atoms with Crippen LogP contribution in [0.25, 0.3) is 0 Å². The molecule has 10 heteroatoms. The van der Waals surface area contributed by atoms with E-state index in [1.54, 1.807) is 13.8 Å². The summed E-state index contributed by atoms with van der Waals surface area (Å²) in [4.78, 5) is 14.5. The van der Waals surface area contributed by atoms with Crippen LogP contribution in [0.1, 0.15) is 106 Å². The van der Waals surface area contributed by atoms with E-state index in [0.717, 1.165) is 25.7 Å². The number of rotatable bonds is 8. The summed E-state index contributed by atoms with van der Waals surface area (Å²) in [5, 5.41) is 73.4. The lowest BCUT2D eigenvalue weighted by atomic mass is 9.41. The first-order valence-electron chi connectivity index (χ1n) is 17.8. The average Bonchev–Trinajstić information content (AvgIpc) is 3.55. The fraction of sp³-hybridized carbons (Fsp3) is 0.972. The highest BCUT2D eigenvalue weighted by atomic mass is 16.7. The van der Waals surface area contributed by atoms with Gasteiger partial charge in [0.2, 0.25) is 0 Å². The molecule has 2 unspecified atom stereocenters. The van der Waals surface area contributed by atoms with Gasteiger partial charge in [-0.15, -0.1) is 0 Å². The fourth-order valence-electron chi connectivity index (χ4n) is 12.7. The van der Waals surface area contributed by atoms with Gasteiger partial charge in [-0.1, -0.05) is 34.6 Å². The molecule has 0 aromatic rings. The second-order valence-corrected chi connectivity index (χ2v) is 18.2. The Hall–Kier alpha value is -0.690. The van der Waals surface area contributed by atoms with Gasteiger partial charge >= 0.3 is 0 Å². The molecule has 0 bridgehead atoms. The topological polar surface area (TPSA) is 177 Å². The third kappa shape index (κ3) is 4.71. The number of fused-ring (bicyclic) bond motifs is 2. The minimum atomic E-state index is -1.52. The van der Waals surface area contributed by atoms with Crippen molar-refractivity contribution in [3.05, 3.63) is 0 Å². The van der Waals surface area contributed by atoms with Gasteiger partial charge in [-0.25, -0.2) is 0 Å². The molecule has 5 saturated carbocycles. The summed E-state index contributed by atoms with van der Waals surface area (Å²) >= 11 is 0. The largest absolute Gasteiger partial charge is 0.394 e. The van der Waals surface area contributed by atoms with Crippen molar-refractivity contribution >= 4 is 5.78 Å². The van der Waals surface area contributed by atoms with Gasteiger partial charge in [0.15, 0.2) is 6.29 Å². The van der Waals surface area contributed by atoms with Gasteiger partial charge in [0, 0.05) is 17.8 Å². The summed E-state index contributed by atoms with van der Waals surface area (Å²) in [7, 11) is 0. The molecule has 16 atom stereocenters. The zero-order chi connectivity index (χ0) is 34.0. The molecule has 6 aliphatic rings. The molecule has 0 radical (unpaired) electrons. The Labute approximate surface area is 273 Å². The number of ketones is 1. The molecule has 6 fully saturated rings. The fourth-order valence-corrected chi connectivity index (χ4v) is 12.7. The first-order chi connectivity index (χ1) is 21.2. The van der Waals surface area contributed by atoms with Crippen LogP contribution in [0.2, 0.25) is 0 Å². The van der Waals surface area contributed by atoms with E-state index in [2.05, 4.69) is 34.6 Å². The minimum absolute atomic E-state index is 0.0279. The lowest BCUT2D eigenvalue weighted by Crippen LogP contribution is -2.63. The van der Waals surface area contributed by atoms with Crippen molar-refractivity contribution in [2.24, 2.45) is 50.7 Å². The normalized spacial score (nSPS) is 52.6. The molecule has 7 N–H and O–H groups in total. The summed E-state index contributed by atoms with van der Waals surface area (Å²) in [5.41, 5.74) is -2.22. The van der Waals surface area contributed by atoms with E-state index in [-0.39, 0.29) is 51.1 Å². The lowest BCUT2D eigenvalue weighted by molar-refractivity contribution is -0.325. The number of carbonyl (C=O) groups excluding carboxylic acids is 1. The first-order valence-corrected chi connectivity index (χ1v) is 17.8. The molecule has 264 valence electrons. The zero-order valence-corrected chi connectivity index (χ0v) is 28.9. The van der Waals surface area contributed by atoms with Crippen molar-refractivity contribution < 1.29 is 50.0 Å². The van der Waals surface area contributed by atoms with Gasteiger partial charge in [0.1, 0.15) is 30.2 Å². The van der Waals surface area contributed by atoms with Crippen molar-refractivity contribution in [1.29, 1.82) is 0 Å². The van der Waals surface area contributed by atoms with E-state index < -0.39 is 66.6 Å². The molecule has 1 saturated heterocycles. The highest BCUT2D eigenvalue weighted by molar-refractivity contribution is 5.86. The van der Waals surface area contributed by atoms with E-state index in [1.807, 2.05) is 0 Å². The van der Waals surface area contributed by atoms with Crippen LogP contribution < -0.4 is 0 Å². The van der Waals surface area contributed by atoms with Gasteiger partial charge in [-0.05, 0) is 105 Å². The van der Waals surface area contributed by atoms with Crippen LogP contribution in [0.5, 0.6) is 0 Å². The third-order valence-electron chi connectivity index (χ3n) is 15.3. The number of aliphatic hydroxyl groups is 7. The van der Waals surface area contributed by atoms with Crippen LogP contribution in [-0.2, 0) is 14.3 Å². The maximum absolute atomic E-state index is 14.5. The number of Topliss-reactive ketones (excluding diaryl/α,β-unsaturated/α-hetero) is 1. The zero-order valence-electron chi connectivity index (χ0n) is 28.9. The first kappa shape index (κ1) is 35.1. The molecular weight excluding hydrogens is 592 g/mol. The molecule has 6 rings (SSSR count). The Morgan fingerprint density at radius 1 is 0.957 bits per heavy atom. The van der Waals surface area contributed by atoms with Crippen LogP contribution in [-0.4, -0.2) is 103 Å². The van der Waals surface area contributed by atoms with Gasteiger partial charge in [0.05, 0.1) is 30.5 Å². The average molecular weight is 653 g/mol. The molecule has 10 nitrogen and oxygen atoms in total. The molecular formula is C36H60O10. The highest BCUT2D eigenvalue weighted by Crippen LogP contribution is 2.88. The number of hydrogen-bond acceptors (Lipinski definition) is 10. The Bertz CT molecular complexity index is 1180. The molecule has 0 aromatic carbocycles. The predicted octanol–water partition coefficient (Wildman–Crippen LogP) is 2.31. The Balaban J connectivity index is 1.22. The second kappa shape index (κ2) is 11.2. The van der Waals surface area contributed by atoms with Gasteiger partial charge in [-0.2, -0.15) is 0 Å². The van der Waals surface area contributed by atoms with Crippen LogP contribution in [0, 0.1) is 50.7 Å². The Morgan fingerprint density at radius 2 is 1.63 bits per heavy atom. The van der Waals surface area contributed by atoms with Crippen LogP contribution in [0.3, 0.4) is 0 Å². The summed E-state index contributed by atoms with van der Waals surface area (Å²) in [6, 6.07) is 0. The Morgan fingerprint density at radius 3 is 2.26 bits per heavy atom. The standard InChI is InChI=1S/C36H60O10/c1-18(8-9-23(40)32(4,5)44)25-20(39)15-34(7)22-14-19(38)29-31(2,3)24(46-30-28(43)27(42)26(41)21(16-37)45-30)10-11-36(29)17-35(22,36)13-12-33(25,34)6/h18,20-30,37,39-44H,8-17H2,1-7H3/t18-,20+,21-,22+,23?,24?,25+,26-,27+,28-,29+,30+,33-,34+,35+,36-/m1/s1. The van der Waals surface area contributed by atoms with Crippen LogP contribution in [0.4, 0.5) is 0 Å². The van der Waals surface area contributed by atoms with E-state index in [4.69, 9.17) is 9.47 Å². The minimum Gasteiger partial charge on any atom is -0.394 e. The summed E-state index contributed by atoms with van der Waals surface area (Å²) in [6.07, 6.45) is -1.69. The summed E-state index contributed by atoms with van der Waals surface area (Å²) in [6.45, 7) is 13.7. The molecule has 46 heavy (non-hydrogen) atoms. The molecule has 0 aromatic heterocycles. The van der Waals surface area contributed by atoms with Crippen molar-refractivity contribution in [2.75, 3.05) is 6.61 Å². The van der Waals surface area contributed by atoms with E-state index in [9.17, 15) is 40.5 Å². The summed E-state index contributed by atoms with van der Waals surface area (Å²) < 4.78 is 12.1. The lowest BCUT2D eigenvalue weighted by Gasteiger charge is -2.63. The number of carbonyl (C=O) groups is 1. The Kier molecular flexibility index (Phi) is 8.52. The van der Waals surface area contributed by atoms with Crippen molar-refractivity contribution in [2.45, 2.75) is 161 Å². The quantitative estimate of drug-likeness (QED) is 0.193. The van der Waals surface area contributed by atoms with Crippen molar-refractivity contribution in [3.8, 4) is 0 Å². The number of ether oxygens (including phenoxy) is 2. The summed E-state index contributed by atoms with van der Waals surface area (Å²) in [5.74, 6) is 0.398. The van der Waals surface area contributed by atoms with Crippen molar-refractivity contribution in [1.82, 2.24) is 0 Å².